The van der Waals surface area contributed by atoms with Gasteiger partial charge in [-0.3, -0.25) is 4.55 Å². The molecule has 0 amide bonds. The molecule has 1 fully saturated rings. The van der Waals surface area contributed by atoms with Crippen molar-refractivity contribution < 1.29 is 17.7 Å². The Bertz CT molecular complexity index is 265. The van der Waals surface area contributed by atoms with Crippen molar-refractivity contribution in [1.82, 2.24) is 4.90 Å². The molecular formula is C6H11NO4S. The van der Waals surface area contributed by atoms with Crippen molar-refractivity contribution >= 4 is 10.1 Å². The molecular weight excluding hydrogens is 182 g/mol. The van der Waals surface area contributed by atoms with Crippen LogP contribution in [0, 0.1) is 0 Å². The molecule has 0 spiro atoms. The summed E-state index contributed by atoms with van der Waals surface area (Å²) in [6.07, 6.45) is 0. The number of morpholine rings is 1. The van der Waals surface area contributed by atoms with E-state index in [1.807, 2.05) is 0 Å². The predicted molar refractivity (Wildman–Crippen MR) is 43.1 cm³/mol. The van der Waals surface area contributed by atoms with E-state index in [2.05, 4.69) is 6.58 Å². The Hall–Kier alpha value is -0.590. The van der Waals surface area contributed by atoms with Crippen LogP contribution < -0.4 is 0 Å². The molecule has 0 aromatic rings. The lowest BCUT2D eigenvalue weighted by Crippen LogP contribution is -2.37. The first-order valence-electron chi connectivity index (χ1n) is 3.51. The Morgan fingerprint density at radius 3 is 2.33 bits per heavy atom. The highest BCUT2D eigenvalue weighted by atomic mass is 32.2. The van der Waals surface area contributed by atoms with Gasteiger partial charge in [0.05, 0.1) is 13.2 Å². The molecule has 1 N–H and O–H groups in total. The van der Waals surface area contributed by atoms with E-state index in [0.717, 1.165) is 0 Å². The van der Waals surface area contributed by atoms with E-state index in [9.17, 15) is 8.42 Å². The number of nitrogens with zero attached hydrogens (tertiary/aromatic N) is 1. The second-order valence-electron chi connectivity index (χ2n) is 2.47. The lowest BCUT2D eigenvalue weighted by atomic mass is 10.4. The minimum Gasteiger partial charge on any atom is -0.378 e. The van der Waals surface area contributed by atoms with Crippen LogP contribution in [0.2, 0.25) is 0 Å². The Kier molecular flexibility index (Phi) is 2.71. The van der Waals surface area contributed by atoms with E-state index < -0.39 is 10.1 Å². The molecule has 0 aliphatic carbocycles. The first kappa shape index (κ1) is 9.50. The maximum atomic E-state index is 10.6. The van der Waals surface area contributed by atoms with E-state index in [1.165, 1.54) is 4.90 Å². The average Bonchev–Trinajstić information content (AvgIpc) is 2.03. The summed E-state index contributed by atoms with van der Waals surface area (Å²) >= 11 is 0. The first-order chi connectivity index (χ1) is 5.52. The molecule has 1 heterocycles. The van der Waals surface area contributed by atoms with Gasteiger partial charge in [-0.2, -0.15) is 8.42 Å². The normalized spacial score (nSPS) is 19.2. The van der Waals surface area contributed by atoms with Gasteiger partial charge < -0.3 is 9.64 Å². The maximum absolute atomic E-state index is 10.6. The summed E-state index contributed by atoms with van der Waals surface area (Å²) in [6.45, 7) is 5.13. The van der Waals surface area contributed by atoms with E-state index in [1.54, 1.807) is 0 Å². The molecule has 0 bridgehead atoms. The molecule has 0 atom stereocenters. The zero-order valence-electron chi connectivity index (χ0n) is 6.56. The van der Waals surface area contributed by atoms with Crippen molar-refractivity contribution in [2.75, 3.05) is 26.3 Å². The van der Waals surface area contributed by atoms with E-state index in [-0.39, 0.29) is 5.03 Å². The van der Waals surface area contributed by atoms with Crippen LogP contribution in [0.1, 0.15) is 0 Å². The fourth-order valence-electron chi connectivity index (χ4n) is 0.976. The molecule has 70 valence electrons. The van der Waals surface area contributed by atoms with Crippen LogP contribution in [0.15, 0.2) is 11.6 Å². The topological polar surface area (TPSA) is 66.8 Å². The minimum atomic E-state index is -4.13. The molecule has 0 radical (unpaired) electrons. The number of hydrogen-bond acceptors (Lipinski definition) is 4. The maximum Gasteiger partial charge on any atom is 0.309 e. The summed E-state index contributed by atoms with van der Waals surface area (Å²) in [5, 5.41) is -0.245. The number of hydrogen-bond donors (Lipinski definition) is 1. The SMILES string of the molecule is C=C(N1CCOCC1)S(=O)(=O)O. The van der Waals surface area contributed by atoms with Gasteiger partial charge in [0, 0.05) is 13.1 Å². The molecule has 1 aliphatic heterocycles. The average molecular weight is 193 g/mol. The van der Waals surface area contributed by atoms with Crippen molar-refractivity contribution in [3.8, 4) is 0 Å². The van der Waals surface area contributed by atoms with Gasteiger partial charge in [-0.1, -0.05) is 6.58 Å². The summed E-state index contributed by atoms with van der Waals surface area (Å²) in [7, 11) is -4.13. The standard InChI is InChI=1S/C6H11NO4S/c1-6(12(8,9)10)7-2-4-11-5-3-7/h1-5H2,(H,8,9,10). The lowest BCUT2D eigenvalue weighted by molar-refractivity contribution is 0.0569. The highest BCUT2D eigenvalue weighted by Crippen LogP contribution is 2.10. The summed E-state index contributed by atoms with van der Waals surface area (Å²) in [6, 6.07) is 0. The van der Waals surface area contributed by atoms with Crippen molar-refractivity contribution in [1.29, 1.82) is 0 Å². The van der Waals surface area contributed by atoms with Gasteiger partial charge in [0.2, 0.25) is 0 Å². The first-order valence-corrected chi connectivity index (χ1v) is 4.95. The fourth-order valence-corrected chi connectivity index (χ4v) is 1.48. The predicted octanol–water partition coefficient (Wildman–Crippen LogP) is -0.322. The number of ether oxygens (including phenoxy) is 1. The van der Waals surface area contributed by atoms with E-state index >= 15 is 0 Å². The third-order valence-electron chi connectivity index (χ3n) is 1.66. The van der Waals surface area contributed by atoms with E-state index in [4.69, 9.17) is 9.29 Å². The molecule has 1 rings (SSSR count). The third kappa shape index (κ3) is 2.20. The molecule has 12 heavy (non-hydrogen) atoms. The minimum absolute atomic E-state index is 0.245. The monoisotopic (exact) mass is 193 g/mol. The molecule has 6 heteroatoms. The Balaban J connectivity index is 2.64. The van der Waals surface area contributed by atoms with Crippen LogP contribution >= 0.6 is 0 Å². The van der Waals surface area contributed by atoms with Crippen molar-refractivity contribution in [2.24, 2.45) is 0 Å². The molecule has 0 unspecified atom stereocenters. The van der Waals surface area contributed by atoms with Gasteiger partial charge in [-0.15, -0.1) is 0 Å². The third-order valence-corrected chi connectivity index (χ3v) is 2.52. The highest BCUT2D eigenvalue weighted by molar-refractivity contribution is 7.89. The zero-order valence-corrected chi connectivity index (χ0v) is 7.38. The van der Waals surface area contributed by atoms with Crippen LogP contribution in [0.3, 0.4) is 0 Å². The summed E-state index contributed by atoms with van der Waals surface area (Å²) < 4.78 is 34.8. The zero-order chi connectivity index (χ0) is 9.19. The quantitative estimate of drug-likeness (QED) is 0.609. The van der Waals surface area contributed by atoms with Gasteiger partial charge in [0.1, 0.15) is 0 Å². The summed E-state index contributed by atoms with van der Waals surface area (Å²) in [5.41, 5.74) is 0. The van der Waals surface area contributed by atoms with Crippen LogP contribution in [-0.2, 0) is 14.9 Å². The fraction of sp³-hybridized carbons (Fsp3) is 0.667. The molecule has 0 aromatic heterocycles. The molecule has 0 aromatic carbocycles. The van der Waals surface area contributed by atoms with Crippen LogP contribution in [0.4, 0.5) is 0 Å². The second kappa shape index (κ2) is 3.42. The van der Waals surface area contributed by atoms with Gasteiger partial charge >= 0.3 is 10.1 Å². The van der Waals surface area contributed by atoms with Crippen molar-refractivity contribution in [3.05, 3.63) is 11.6 Å². The summed E-state index contributed by atoms with van der Waals surface area (Å²) in [4.78, 5) is 1.48. The molecule has 5 nitrogen and oxygen atoms in total. The van der Waals surface area contributed by atoms with Crippen LogP contribution in [-0.4, -0.2) is 44.2 Å². The summed E-state index contributed by atoms with van der Waals surface area (Å²) in [5.74, 6) is 0. The molecule has 0 saturated carbocycles. The van der Waals surface area contributed by atoms with Gasteiger partial charge in [0.25, 0.3) is 0 Å². The second-order valence-corrected chi connectivity index (χ2v) is 3.89. The smallest absolute Gasteiger partial charge is 0.309 e. The molecule has 1 saturated heterocycles. The number of rotatable bonds is 2. The van der Waals surface area contributed by atoms with Crippen LogP contribution in [0.5, 0.6) is 0 Å². The van der Waals surface area contributed by atoms with Gasteiger partial charge in [-0.05, 0) is 0 Å². The van der Waals surface area contributed by atoms with Crippen molar-refractivity contribution in [2.45, 2.75) is 0 Å². The Morgan fingerprint density at radius 1 is 1.42 bits per heavy atom. The van der Waals surface area contributed by atoms with Crippen molar-refractivity contribution in [3.63, 3.8) is 0 Å². The van der Waals surface area contributed by atoms with Gasteiger partial charge in [-0.25, -0.2) is 0 Å². The van der Waals surface area contributed by atoms with E-state index in [0.29, 0.717) is 26.3 Å². The lowest BCUT2D eigenvalue weighted by Gasteiger charge is -2.28. The van der Waals surface area contributed by atoms with Crippen LogP contribution in [0.25, 0.3) is 0 Å². The van der Waals surface area contributed by atoms with Gasteiger partial charge in [0.15, 0.2) is 5.03 Å². The Labute approximate surface area is 71.4 Å². The molecule has 1 aliphatic rings. The highest BCUT2D eigenvalue weighted by Gasteiger charge is 2.20. The largest absolute Gasteiger partial charge is 0.378 e. The Morgan fingerprint density at radius 2 is 1.92 bits per heavy atom.